The van der Waals surface area contributed by atoms with Crippen molar-refractivity contribution >= 4 is 22.6 Å². The third-order valence-corrected chi connectivity index (χ3v) is 5.33. The van der Waals surface area contributed by atoms with Crippen LogP contribution in [0, 0.1) is 11.3 Å². The highest BCUT2D eigenvalue weighted by Crippen LogP contribution is 2.33. The molecule has 0 unspecified atom stereocenters. The second-order valence-electron chi connectivity index (χ2n) is 6.85. The number of likely N-dealkylation sites (N-methyl/N-ethyl adjacent to an activating group) is 1. The summed E-state index contributed by atoms with van der Waals surface area (Å²) in [6, 6.07) is 4.01. The number of carbonyl (C=O) groups is 1. The molecule has 1 amide bonds. The maximum absolute atomic E-state index is 13.1. The molecule has 0 spiro atoms. The number of H-pyrrole nitrogens is 1. The van der Waals surface area contributed by atoms with Crippen LogP contribution >= 0.6 is 0 Å². The number of aromatic nitrogens is 2. The molecule has 4 rings (SSSR count). The fourth-order valence-electron chi connectivity index (χ4n) is 3.92. The number of rotatable bonds is 2. The van der Waals surface area contributed by atoms with Gasteiger partial charge in [0, 0.05) is 45.1 Å². The summed E-state index contributed by atoms with van der Waals surface area (Å²) in [6.45, 7) is 4.26. The molecule has 25 heavy (non-hydrogen) atoms. The van der Waals surface area contributed by atoms with Crippen molar-refractivity contribution in [3.8, 4) is 6.07 Å². The van der Waals surface area contributed by atoms with Crippen LogP contribution in [0.2, 0.25) is 0 Å². The van der Waals surface area contributed by atoms with Gasteiger partial charge in [-0.2, -0.15) is 5.26 Å². The van der Waals surface area contributed by atoms with Crippen molar-refractivity contribution in [1.29, 1.82) is 5.26 Å². The van der Waals surface area contributed by atoms with E-state index in [1.807, 2.05) is 11.0 Å². The molecule has 7 nitrogen and oxygen atoms in total. The molecule has 2 aliphatic rings. The molecule has 1 atom stereocenters. The summed E-state index contributed by atoms with van der Waals surface area (Å²) in [5.41, 5.74) is 2.22. The van der Waals surface area contributed by atoms with Gasteiger partial charge in [0.05, 0.1) is 16.6 Å². The molecule has 0 aromatic carbocycles. The lowest BCUT2D eigenvalue weighted by Crippen LogP contribution is -2.53. The van der Waals surface area contributed by atoms with Crippen LogP contribution in [-0.4, -0.2) is 71.5 Å². The number of nitrogens with one attached hydrogen (secondary N) is 1. The SMILES string of the molecule is CN1CCN(C(=O)[C@H]2CCCN2c2ccnc3[nH]cc(C#N)c23)CC1. The Kier molecular flexibility index (Phi) is 4.06. The van der Waals surface area contributed by atoms with Crippen LogP contribution in [0.3, 0.4) is 0 Å². The second kappa shape index (κ2) is 6.37. The van der Waals surface area contributed by atoms with Gasteiger partial charge < -0.3 is 19.7 Å². The largest absolute Gasteiger partial charge is 0.359 e. The molecule has 1 N–H and O–H groups in total. The number of carbonyl (C=O) groups excluding carboxylic acids is 1. The number of amides is 1. The first-order chi connectivity index (χ1) is 12.2. The van der Waals surface area contributed by atoms with Crippen molar-refractivity contribution in [2.24, 2.45) is 0 Å². The van der Waals surface area contributed by atoms with E-state index in [4.69, 9.17) is 0 Å². The zero-order valence-corrected chi connectivity index (χ0v) is 14.4. The maximum Gasteiger partial charge on any atom is 0.245 e. The van der Waals surface area contributed by atoms with Crippen molar-refractivity contribution in [1.82, 2.24) is 19.8 Å². The van der Waals surface area contributed by atoms with Crippen LogP contribution in [0.15, 0.2) is 18.5 Å². The number of piperazine rings is 1. The van der Waals surface area contributed by atoms with E-state index in [0.29, 0.717) is 11.2 Å². The quantitative estimate of drug-likeness (QED) is 0.889. The Morgan fingerprint density at radius 1 is 1.32 bits per heavy atom. The van der Waals surface area contributed by atoms with Gasteiger partial charge in [0.2, 0.25) is 5.91 Å². The van der Waals surface area contributed by atoms with Crippen molar-refractivity contribution < 1.29 is 4.79 Å². The van der Waals surface area contributed by atoms with E-state index in [2.05, 4.69) is 32.9 Å². The molecule has 2 fully saturated rings. The molecular formula is C18H22N6O. The van der Waals surface area contributed by atoms with E-state index in [-0.39, 0.29) is 11.9 Å². The number of nitriles is 1. The van der Waals surface area contributed by atoms with Gasteiger partial charge in [0.15, 0.2) is 0 Å². The van der Waals surface area contributed by atoms with Gasteiger partial charge in [-0.3, -0.25) is 4.79 Å². The van der Waals surface area contributed by atoms with Crippen molar-refractivity contribution in [3.63, 3.8) is 0 Å². The Labute approximate surface area is 146 Å². The molecule has 0 aliphatic carbocycles. The van der Waals surface area contributed by atoms with E-state index >= 15 is 0 Å². The number of pyridine rings is 1. The highest BCUT2D eigenvalue weighted by molar-refractivity contribution is 5.97. The fraction of sp³-hybridized carbons (Fsp3) is 0.500. The highest BCUT2D eigenvalue weighted by Gasteiger charge is 2.35. The monoisotopic (exact) mass is 338 g/mol. The predicted octanol–water partition coefficient (Wildman–Crippen LogP) is 1.18. The summed E-state index contributed by atoms with van der Waals surface area (Å²) < 4.78 is 0. The fourth-order valence-corrected chi connectivity index (χ4v) is 3.92. The third-order valence-electron chi connectivity index (χ3n) is 5.33. The number of anilines is 1. The number of nitrogens with zero attached hydrogens (tertiary/aromatic N) is 5. The van der Waals surface area contributed by atoms with Crippen molar-refractivity contribution in [3.05, 3.63) is 24.0 Å². The van der Waals surface area contributed by atoms with Crippen molar-refractivity contribution in [2.75, 3.05) is 44.7 Å². The average molecular weight is 338 g/mol. The molecule has 2 aromatic heterocycles. The zero-order valence-electron chi connectivity index (χ0n) is 14.4. The van der Waals surface area contributed by atoms with Crippen LogP contribution in [0.5, 0.6) is 0 Å². The topological polar surface area (TPSA) is 79.3 Å². The van der Waals surface area contributed by atoms with E-state index in [0.717, 1.165) is 56.6 Å². The molecular weight excluding hydrogens is 316 g/mol. The molecule has 4 heterocycles. The van der Waals surface area contributed by atoms with Gasteiger partial charge in [0.1, 0.15) is 17.8 Å². The summed E-state index contributed by atoms with van der Waals surface area (Å²) >= 11 is 0. The lowest BCUT2D eigenvalue weighted by atomic mass is 10.1. The molecule has 0 radical (unpaired) electrons. The van der Waals surface area contributed by atoms with E-state index in [9.17, 15) is 10.1 Å². The van der Waals surface area contributed by atoms with Gasteiger partial charge in [-0.05, 0) is 26.0 Å². The predicted molar refractivity (Wildman–Crippen MR) is 95.3 cm³/mol. The third kappa shape index (κ3) is 2.72. The first-order valence-corrected chi connectivity index (χ1v) is 8.79. The molecule has 130 valence electrons. The molecule has 0 bridgehead atoms. The summed E-state index contributed by atoms with van der Waals surface area (Å²) in [6.07, 6.45) is 5.28. The molecule has 2 aliphatic heterocycles. The lowest BCUT2D eigenvalue weighted by Gasteiger charge is -2.36. The minimum absolute atomic E-state index is 0.143. The Balaban J connectivity index is 1.65. The lowest BCUT2D eigenvalue weighted by molar-refractivity contribution is -0.134. The van der Waals surface area contributed by atoms with Crippen molar-refractivity contribution in [2.45, 2.75) is 18.9 Å². The summed E-state index contributed by atoms with van der Waals surface area (Å²) in [4.78, 5) is 26.9. The molecule has 0 saturated carbocycles. The average Bonchev–Trinajstić information content (AvgIpc) is 3.28. The van der Waals surface area contributed by atoms with E-state index in [1.165, 1.54) is 0 Å². The maximum atomic E-state index is 13.1. The van der Waals surface area contributed by atoms with Gasteiger partial charge in [0.25, 0.3) is 0 Å². The molecule has 7 heteroatoms. The molecule has 2 aromatic rings. The van der Waals surface area contributed by atoms with Gasteiger partial charge in [-0.25, -0.2) is 4.98 Å². The Bertz CT molecular complexity index is 830. The Morgan fingerprint density at radius 2 is 2.12 bits per heavy atom. The minimum atomic E-state index is -0.143. The first kappa shape index (κ1) is 15.9. The second-order valence-corrected chi connectivity index (χ2v) is 6.85. The van der Waals surface area contributed by atoms with Crippen LogP contribution < -0.4 is 4.90 Å². The summed E-state index contributed by atoms with van der Waals surface area (Å²) in [5, 5.41) is 10.2. The standard InChI is InChI=1S/C18H22N6O/c1-22-7-9-23(10-8-22)18(25)15-3-2-6-24(15)14-4-5-20-17-16(14)13(11-19)12-21-17/h4-5,12,15H,2-3,6-10H2,1H3,(H,20,21)/t15-/m1/s1. The van der Waals surface area contributed by atoms with Gasteiger partial charge in [-0.1, -0.05) is 0 Å². The van der Waals surface area contributed by atoms with E-state index in [1.54, 1.807) is 12.4 Å². The number of hydrogen-bond acceptors (Lipinski definition) is 5. The molecule has 2 saturated heterocycles. The number of fused-ring (bicyclic) bond motifs is 1. The summed E-state index contributed by atoms with van der Waals surface area (Å²) in [5.74, 6) is 0.213. The Hall–Kier alpha value is -2.59. The van der Waals surface area contributed by atoms with Gasteiger partial charge in [-0.15, -0.1) is 0 Å². The Morgan fingerprint density at radius 3 is 2.88 bits per heavy atom. The smallest absolute Gasteiger partial charge is 0.245 e. The van der Waals surface area contributed by atoms with Gasteiger partial charge >= 0.3 is 0 Å². The van der Waals surface area contributed by atoms with Crippen LogP contribution in [-0.2, 0) is 4.79 Å². The van der Waals surface area contributed by atoms with Crippen LogP contribution in [0.1, 0.15) is 18.4 Å². The first-order valence-electron chi connectivity index (χ1n) is 8.79. The zero-order chi connectivity index (χ0) is 17.4. The minimum Gasteiger partial charge on any atom is -0.359 e. The van der Waals surface area contributed by atoms with Crippen LogP contribution in [0.25, 0.3) is 11.0 Å². The van der Waals surface area contributed by atoms with Crippen LogP contribution in [0.4, 0.5) is 5.69 Å². The highest BCUT2D eigenvalue weighted by atomic mass is 16.2. The summed E-state index contributed by atoms with van der Waals surface area (Å²) in [7, 11) is 2.09. The normalized spacial score (nSPS) is 21.7. The van der Waals surface area contributed by atoms with E-state index < -0.39 is 0 Å². The number of hydrogen-bond donors (Lipinski definition) is 1. The number of aromatic amines is 1.